The summed E-state index contributed by atoms with van der Waals surface area (Å²) in [6.07, 6.45) is 5.25. The monoisotopic (exact) mass is 333 g/mol. The Kier molecular flexibility index (Phi) is 4.55. The van der Waals surface area contributed by atoms with Crippen LogP contribution in [0.15, 0.2) is 47.4 Å². The van der Waals surface area contributed by atoms with Crippen LogP contribution in [-0.2, 0) is 13.1 Å². The molecule has 0 aliphatic carbocycles. The van der Waals surface area contributed by atoms with Crippen molar-refractivity contribution in [2.24, 2.45) is 0 Å². The fraction of sp³-hybridized carbons (Fsp3) is 0.188. The maximum Gasteiger partial charge on any atom is 0.231 e. The summed E-state index contributed by atoms with van der Waals surface area (Å²) >= 11 is 0. The second-order valence-electron chi connectivity index (χ2n) is 5.07. The molecule has 4 rings (SSSR count). The average Bonchev–Trinajstić information content (AvgIpc) is 3.28. The first-order valence-electron chi connectivity index (χ1n) is 7.04. The first-order chi connectivity index (χ1) is 10.9. The zero-order chi connectivity index (χ0) is 14.8. The largest absolute Gasteiger partial charge is 0.472 e. The molecule has 3 aromatic rings. The summed E-state index contributed by atoms with van der Waals surface area (Å²) in [6, 6.07) is 7.83. The number of rotatable bonds is 5. The Bertz CT molecular complexity index is 771. The molecule has 0 saturated carbocycles. The van der Waals surface area contributed by atoms with Crippen LogP contribution >= 0.6 is 12.4 Å². The second-order valence-corrected chi connectivity index (χ2v) is 5.07. The Morgan fingerprint density at radius 2 is 2.04 bits per heavy atom. The molecule has 0 saturated heterocycles. The van der Waals surface area contributed by atoms with E-state index in [9.17, 15) is 0 Å². The van der Waals surface area contributed by atoms with E-state index in [4.69, 9.17) is 13.9 Å². The van der Waals surface area contributed by atoms with Crippen molar-refractivity contribution in [3.05, 3.63) is 54.1 Å². The lowest BCUT2D eigenvalue weighted by atomic mass is 10.1. The molecule has 1 aliphatic rings. The van der Waals surface area contributed by atoms with E-state index in [0.29, 0.717) is 6.54 Å². The van der Waals surface area contributed by atoms with Crippen LogP contribution in [0.3, 0.4) is 0 Å². The first kappa shape index (κ1) is 15.5. The van der Waals surface area contributed by atoms with Gasteiger partial charge in [0.05, 0.1) is 24.4 Å². The maximum atomic E-state index is 5.42. The van der Waals surface area contributed by atoms with Gasteiger partial charge in [0, 0.05) is 29.8 Å². The van der Waals surface area contributed by atoms with E-state index in [1.807, 2.05) is 30.5 Å². The number of halogens is 1. The van der Waals surface area contributed by atoms with Crippen LogP contribution in [0.25, 0.3) is 11.3 Å². The SMILES string of the molecule is Cl.c1cc(CNCc2cn[nH]c2-c2ccc3c(c2)OCO3)co1. The summed E-state index contributed by atoms with van der Waals surface area (Å²) < 4.78 is 15.8. The van der Waals surface area contributed by atoms with Crippen LogP contribution in [0.2, 0.25) is 0 Å². The number of aromatic amines is 1. The number of nitrogens with one attached hydrogen (secondary N) is 2. The number of hydrogen-bond donors (Lipinski definition) is 2. The third-order valence-corrected chi connectivity index (χ3v) is 3.60. The van der Waals surface area contributed by atoms with Gasteiger partial charge in [0.1, 0.15) is 0 Å². The van der Waals surface area contributed by atoms with E-state index in [-0.39, 0.29) is 19.2 Å². The van der Waals surface area contributed by atoms with Crippen LogP contribution < -0.4 is 14.8 Å². The Balaban J connectivity index is 0.00000156. The summed E-state index contributed by atoms with van der Waals surface area (Å²) in [4.78, 5) is 0. The third-order valence-electron chi connectivity index (χ3n) is 3.60. The van der Waals surface area contributed by atoms with Gasteiger partial charge in [0.2, 0.25) is 6.79 Å². The highest BCUT2D eigenvalue weighted by atomic mass is 35.5. The smallest absolute Gasteiger partial charge is 0.231 e. The van der Waals surface area contributed by atoms with Crippen molar-refractivity contribution in [3.63, 3.8) is 0 Å². The molecule has 0 amide bonds. The Hall–Kier alpha value is -2.44. The second kappa shape index (κ2) is 6.76. The minimum atomic E-state index is 0. The molecule has 3 heterocycles. The maximum absolute atomic E-state index is 5.42. The summed E-state index contributed by atoms with van der Waals surface area (Å²) in [7, 11) is 0. The quantitative estimate of drug-likeness (QED) is 0.750. The molecule has 1 aliphatic heterocycles. The van der Waals surface area contributed by atoms with Crippen molar-refractivity contribution in [2.45, 2.75) is 13.1 Å². The van der Waals surface area contributed by atoms with Gasteiger partial charge in [-0.25, -0.2) is 0 Å². The highest BCUT2D eigenvalue weighted by Gasteiger charge is 2.16. The van der Waals surface area contributed by atoms with Gasteiger partial charge in [-0.3, -0.25) is 5.10 Å². The lowest BCUT2D eigenvalue weighted by Crippen LogP contribution is -2.12. The van der Waals surface area contributed by atoms with Crippen molar-refractivity contribution in [2.75, 3.05) is 6.79 Å². The molecule has 0 fully saturated rings. The number of nitrogens with zero attached hydrogens (tertiary/aromatic N) is 1. The van der Waals surface area contributed by atoms with Gasteiger partial charge in [-0.05, 0) is 24.3 Å². The minimum Gasteiger partial charge on any atom is -0.472 e. The fourth-order valence-electron chi connectivity index (χ4n) is 2.48. The normalized spacial score (nSPS) is 12.2. The minimum absolute atomic E-state index is 0. The summed E-state index contributed by atoms with van der Waals surface area (Å²) in [5.41, 5.74) is 4.23. The molecule has 1 aromatic carbocycles. The average molecular weight is 334 g/mol. The van der Waals surface area contributed by atoms with E-state index in [1.165, 1.54) is 0 Å². The van der Waals surface area contributed by atoms with Crippen molar-refractivity contribution in [3.8, 4) is 22.8 Å². The molecule has 0 spiro atoms. The number of H-pyrrole nitrogens is 1. The number of hydrogen-bond acceptors (Lipinski definition) is 5. The number of benzene rings is 1. The Morgan fingerprint density at radius 1 is 1.13 bits per heavy atom. The molecule has 0 radical (unpaired) electrons. The predicted molar refractivity (Wildman–Crippen MR) is 86.6 cm³/mol. The molecular weight excluding hydrogens is 318 g/mol. The summed E-state index contributed by atoms with van der Waals surface area (Å²) in [6.45, 7) is 1.74. The summed E-state index contributed by atoms with van der Waals surface area (Å²) in [5.74, 6) is 1.55. The van der Waals surface area contributed by atoms with E-state index >= 15 is 0 Å². The molecule has 0 atom stereocenters. The van der Waals surface area contributed by atoms with E-state index < -0.39 is 0 Å². The highest BCUT2D eigenvalue weighted by molar-refractivity contribution is 5.85. The van der Waals surface area contributed by atoms with Crippen molar-refractivity contribution in [1.82, 2.24) is 15.5 Å². The molecule has 2 aromatic heterocycles. The van der Waals surface area contributed by atoms with Gasteiger partial charge in [-0.1, -0.05) is 0 Å². The van der Waals surface area contributed by atoms with Crippen molar-refractivity contribution in [1.29, 1.82) is 0 Å². The fourth-order valence-corrected chi connectivity index (χ4v) is 2.48. The van der Waals surface area contributed by atoms with Gasteiger partial charge < -0.3 is 19.2 Å². The molecule has 6 nitrogen and oxygen atoms in total. The number of furan rings is 1. The van der Waals surface area contributed by atoms with Gasteiger partial charge in [0.15, 0.2) is 11.5 Å². The zero-order valence-corrected chi connectivity index (χ0v) is 13.1. The number of ether oxygens (including phenoxy) is 2. The summed E-state index contributed by atoms with van der Waals surface area (Å²) in [5, 5.41) is 10.6. The van der Waals surface area contributed by atoms with Crippen LogP contribution in [-0.4, -0.2) is 17.0 Å². The number of aromatic nitrogens is 2. The van der Waals surface area contributed by atoms with E-state index in [0.717, 1.165) is 40.4 Å². The predicted octanol–water partition coefficient (Wildman–Crippen LogP) is 3.11. The highest BCUT2D eigenvalue weighted by Crippen LogP contribution is 2.36. The number of fused-ring (bicyclic) bond motifs is 1. The van der Waals surface area contributed by atoms with Gasteiger partial charge in [0.25, 0.3) is 0 Å². The van der Waals surface area contributed by atoms with Crippen molar-refractivity contribution < 1.29 is 13.9 Å². The lowest BCUT2D eigenvalue weighted by molar-refractivity contribution is 0.174. The van der Waals surface area contributed by atoms with Crippen LogP contribution in [0.5, 0.6) is 11.5 Å². The van der Waals surface area contributed by atoms with Crippen LogP contribution in [0, 0.1) is 0 Å². The molecule has 120 valence electrons. The third kappa shape index (κ3) is 3.18. The van der Waals surface area contributed by atoms with Crippen LogP contribution in [0.4, 0.5) is 0 Å². The molecule has 0 unspecified atom stereocenters. The lowest BCUT2D eigenvalue weighted by Gasteiger charge is -2.06. The van der Waals surface area contributed by atoms with Gasteiger partial charge in [-0.2, -0.15) is 5.10 Å². The Labute approximate surface area is 139 Å². The zero-order valence-electron chi connectivity index (χ0n) is 12.2. The van der Waals surface area contributed by atoms with Crippen molar-refractivity contribution >= 4 is 12.4 Å². The molecule has 7 heteroatoms. The molecule has 2 N–H and O–H groups in total. The van der Waals surface area contributed by atoms with Gasteiger partial charge >= 0.3 is 0 Å². The molecular formula is C16H16ClN3O3. The van der Waals surface area contributed by atoms with E-state index in [1.54, 1.807) is 12.5 Å². The van der Waals surface area contributed by atoms with Crippen LogP contribution in [0.1, 0.15) is 11.1 Å². The Morgan fingerprint density at radius 3 is 2.91 bits per heavy atom. The standard InChI is InChI=1S/C16H15N3O3.ClH/c1-2-14-15(22-10-21-14)5-12(1)16-13(8-18-19-16)7-17-6-11-3-4-20-9-11;/h1-5,8-9,17H,6-7,10H2,(H,18,19);1H. The van der Waals surface area contributed by atoms with Gasteiger partial charge in [-0.15, -0.1) is 12.4 Å². The molecule has 0 bridgehead atoms. The first-order valence-corrected chi connectivity index (χ1v) is 7.04. The topological polar surface area (TPSA) is 72.3 Å². The van der Waals surface area contributed by atoms with E-state index in [2.05, 4.69) is 15.5 Å². The molecule has 23 heavy (non-hydrogen) atoms.